The van der Waals surface area contributed by atoms with Gasteiger partial charge in [0.2, 0.25) is 11.1 Å². The van der Waals surface area contributed by atoms with Crippen LogP contribution in [0.5, 0.6) is 5.75 Å². The van der Waals surface area contributed by atoms with Crippen molar-refractivity contribution < 1.29 is 9.53 Å². The average molecular weight is 439 g/mol. The highest BCUT2D eigenvalue weighted by atomic mass is 32.2. The molecule has 0 bridgehead atoms. The van der Waals surface area contributed by atoms with Gasteiger partial charge in [-0.2, -0.15) is 4.68 Å². The highest BCUT2D eigenvalue weighted by Gasteiger charge is 2.22. The van der Waals surface area contributed by atoms with Crippen LogP contribution in [0.3, 0.4) is 0 Å². The van der Waals surface area contributed by atoms with Gasteiger partial charge in [-0.05, 0) is 41.6 Å². The number of ether oxygens (including phenoxy) is 1. The van der Waals surface area contributed by atoms with Crippen LogP contribution in [0.25, 0.3) is 5.69 Å². The van der Waals surface area contributed by atoms with E-state index in [0.29, 0.717) is 17.5 Å². The number of para-hydroxylation sites is 1. The SMILES string of the molecule is Cc1ccc(-n2nnnc2SCC(=O)N2CCN(CCOc3ccccc3)CC2)cc1. The van der Waals surface area contributed by atoms with Crippen LogP contribution < -0.4 is 4.74 Å². The minimum Gasteiger partial charge on any atom is -0.492 e. The molecule has 0 atom stereocenters. The molecule has 1 aliphatic heterocycles. The standard InChI is InChI=1S/C22H26N6O2S/c1-18-7-9-19(10-8-18)28-22(23-24-25-28)31-17-21(29)27-13-11-26(12-14-27)15-16-30-20-5-3-2-4-6-20/h2-10H,11-17H2,1H3. The molecule has 2 aromatic carbocycles. The Balaban J connectivity index is 1.20. The highest BCUT2D eigenvalue weighted by molar-refractivity contribution is 7.99. The molecule has 0 N–H and O–H groups in total. The zero-order chi connectivity index (χ0) is 21.5. The molecule has 2 heterocycles. The van der Waals surface area contributed by atoms with Crippen molar-refractivity contribution >= 4 is 17.7 Å². The summed E-state index contributed by atoms with van der Waals surface area (Å²) < 4.78 is 7.44. The van der Waals surface area contributed by atoms with E-state index in [0.717, 1.165) is 44.2 Å². The highest BCUT2D eigenvalue weighted by Crippen LogP contribution is 2.19. The number of benzene rings is 2. The number of rotatable bonds is 8. The Hall–Kier alpha value is -2.91. The van der Waals surface area contributed by atoms with Crippen molar-refractivity contribution in [2.24, 2.45) is 0 Å². The van der Waals surface area contributed by atoms with Gasteiger partial charge in [-0.1, -0.05) is 47.7 Å². The summed E-state index contributed by atoms with van der Waals surface area (Å²) in [7, 11) is 0. The fraction of sp³-hybridized carbons (Fsp3) is 0.364. The number of nitrogens with zero attached hydrogens (tertiary/aromatic N) is 6. The van der Waals surface area contributed by atoms with Gasteiger partial charge in [0.05, 0.1) is 11.4 Å². The van der Waals surface area contributed by atoms with E-state index in [1.54, 1.807) is 4.68 Å². The van der Waals surface area contributed by atoms with Crippen LogP contribution in [-0.4, -0.2) is 81.0 Å². The third-order valence-electron chi connectivity index (χ3n) is 5.19. The van der Waals surface area contributed by atoms with Gasteiger partial charge < -0.3 is 9.64 Å². The van der Waals surface area contributed by atoms with E-state index in [9.17, 15) is 4.79 Å². The first-order chi connectivity index (χ1) is 15.2. The fourth-order valence-corrected chi connectivity index (χ4v) is 4.16. The lowest BCUT2D eigenvalue weighted by Gasteiger charge is -2.34. The maximum atomic E-state index is 12.7. The molecule has 4 rings (SSSR count). The Morgan fingerprint density at radius 1 is 1.03 bits per heavy atom. The van der Waals surface area contributed by atoms with Crippen LogP contribution in [0.1, 0.15) is 5.56 Å². The van der Waals surface area contributed by atoms with Crippen LogP contribution >= 0.6 is 11.8 Å². The number of carbonyl (C=O) groups is 1. The van der Waals surface area contributed by atoms with Gasteiger partial charge in [0.1, 0.15) is 12.4 Å². The first kappa shape index (κ1) is 21.3. The van der Waals surface area contributed by atoms with Gasteiger partial charge in [0.15, 0.2) is 0 Å². The summed E-state index contributed by atoms with van der Waals surface area (Å²) in [4.78, 5) is 16.9. The van der Waals surface area contributed by atoms with E-state index >= 15 is 0 Å². The third kappa shape index (κ3) is 5.83. The number of carbonyl (C=O) groups excluding carboxylic acids is 1. The first-order valence-electron chi connectivity index (χ1n) is 10.4. The van der Waals surface area contributed by atoms with E-state index in [1.165, 1.54) is 17.3 Å². The molecule has 1 fully saturated rings. The summed E-state index contributed by atoms with van der Waals surface area (Å²) in [5.74, 6) is 1.33. The van der Waals surface area contributed by atoms with Gasteiger partial charge >= 0.3 is 0 Å². The first-order valence-corrected chi connectivity index (χ1v) is 11.3. The number of hydrogen-bond acceptors (Lipinski definition) is 7. The van der Waals surface area contributed by atoms with E-state index in [2.05, 4.69) is 20.4 Å². The molecule has 1 aromatic heterocycles. The van der Waals surface area contributed by atoms with Crippen molar-refractivity contribution in [3.8, 4) is 11.4 Å². The summed E-state index contributed by atoms with van der Waals surface area (Å²) >= 11 is 1.37. The molecule has 0 unspecified atom stereocenters. The van der Waals surface area contributed by atoms with E-state index in [1.807, 2.05) is 66.4 Å². The number of tetrazole rings is 1. The summed E-state index contributed by atoms with van der Waals surface area (Å²) in [6.07, 6.45) is 0. The van der Waals surface area contributed by atoms with E-state index in [4.69, 9.17) is 4.74 Å². The van der Waals surface area contributed by atoms with Gasteiger partial charge in [-0.25, -0.2) is 0 Å². The maximum absolute atomic E-state index is 12.7. The third-order valence-corrected chi connectivity index (χ3v) is 6.09. The van der Waals surface area contributed by atoms with Crippen molar-refractivity contribution in [3.05, 3.63) is 60.2 Å². The second-order valence-corrected chi connectivity index (χ2v) is 8.32. The predicted octanol–water partition coefficient (Wildman–Crippen LogP) is 2.29. The molecule has 1 aliphatic rings. The van der Waals surface area contributed by atoms with Crippen LogP contribution in [0.4, 0.5) is 0 Å². The van der Waals surface area contributed by atoms with Crippen molar-refractivity contribution in [2.75, 3.05) is 45.1 Å². The van der Waals surface area contributed by atoms with Crippen LogP contribution in [-0.2, 0) is 4.79 Å². The minimum atomic E-state index is 0.114. The molecular weight excluding hydrogens is 412 g/mol. The molecule has 0 aliphatic carbocycles. The Bertz CT molecular complexity index is 971. The molecule has 31 heavy (non-hydrogen) atoms. The lowest BCUT2D eigenvalue weighted by molar-refractivity contribution is -0.130. The molecule has 3 aromatic rings. The summed E-state index contributed by atoms with van der Waals surface area (Å²) in [5.41, 5.74) is 2.06. The number of aryl methyl sites for hydroxylation is 1. The van der Waals surface area contributed by atoms with Crippen molar-refractivity contribution in [1.29, 1.82) is 0 Å². The Kier molecular flexibility index (Phi) is 7.16. The molecule has 1 saturated heterocycles. The van der Waals surface area contributed by atoms with Crippen molar-refractivity contribution in [1.82, 2.24) is 30.0 Å². The van der Waals surface area contributed by atoms with Crippen LogP contribution in [0.2, 0.25) is 0 Å². The molecule has 0 saturated carbocycles. The Morgan fingerprint density at radius 3 is 2.52 bits per heavy atom. The van der Waals surface area contributed by atoms with Crippen molar-refractivity contribution in [3.63, 3.8) is 0 Å². The molecule has 162 valence electrons. The average Bonchev–Trinajstić information content (AvgIpc) is 3.28. The largest absolute Gasteiger partial charge is 0.492 e. The minimum absolute atomic E-state index is 0.114. The summed E-state index contributed by atoms with van der Waals surface area (Å²) in [5, 5.41) is 12.5. The zero-order valence-electron chi connectivity index (χ0n) is 17.6. The summed E-state index contributed by atoms with van der Waals surface area (Å²) in [6.45, 7) is 6.72. The Labute approximate surface area is 186 Å². The van der Waals surface area contributed by atoms with E-state index < -0.39 is 0 Å². The number of hydrogen-bond donors (Lipinski definition) is 0. The van der Waals surface area contributed by atoms with Gasteiger partial charge in [-0.15, -0.1) is 5.10 Å². The number of aromatic nitrogens is 4. The molecular formula is C22H26N6O2S. The smallest absolute Gasteiger partial charge is 0.233 e. The van der Waals surface area contributed by atoms with Crippen LogP contribution in [0.15, 0.2) is 59.8 Å². The quantitative estimate of drug-likeness (QED) is 0.500. The number of piperazine rings is 1. The molecule has 0 spiro atoms. The van der Waals surface area contributed by atoms with Gasteiger partial charge in [0.25, 0.3) is 0 Å². The molecule has 0 radical (unpaired) electrons. The number of thioether (sulfide) groups is 1. The lowest BCUT2D eigenvalue weighted by Crippen LogP contribution is -2.50. The normalized spacial score (nSPS) is 14.5. The maximum Gasteiger partial charge on any atom is 0.233 e. The monoisotopic (exact) mass is 438 g/mol. The number of amides is 1. The van der Waals surface area contributed by atoms with Crippen molar-refractivity contribution in [2.45, 2.75) is 12.1 Å². The second kappa shape index (κ2) is 10.4. The van der Waals surface area contributed by atoms with Gasteiger partial charge in [-0.3, -0.25) is 9.69 Å². The predicted molar refractivity (Wildman–Crippen MR) is 120 cm³/mol. The molecule has 9 heteroatoms. The van der Waals surface area contributed by atoms with Gasteiger partial charge in [0, 0.05) is 32.7 Å². The molecule has 8 nitrogen and oxygen atoms in total. The fourth-order valence-electron chi connectivity index (χ4n) is 3.36. The second-order valence-electron chi connectivity index (χ2n) is 7.38. The lowest BCUT2D eigenvalue weighted by atomic mass is 10.2. The molecule has 1 amide bonds. The zero-order valence-corrected chi connectivity index (χ0v) is 18.4. The van der Waals surface area contributed by atoms with Crippen LogP contribution in [0, 0.1) is 6.92 Å². The topological polar surface area (TPSA) is 76.4 Å². The summed E-state index contributed by atoms with van der Waals surface area (Å²) in [6, 6.07) is 17.8. The van der Waals surface area contributed by atoms with E-state index in [-0.39, 0.29) is 5.91 Å². The Morgan fingerprint density at radius 2 is 1.77 bits per heavy atom.